The summed E-state index contributed by atoms with van der Waals surface area (Å²) in [5, 5.41) is 9.27. The fourth-order valence-corrected chi connectivity index (χ4v) is 3.22. The van der Waals surface area contributed by atoms with E-state index in [4.69, 9.17) is 0 Å². The normalized spacial score (nSPS) is 29.8. The molecular formula is C14H24N2O3. The Morgan fingerprint density at radius 2 is 1.63 bits per heavy atom. The van der Waals surface area contributed by atoms with Gasteiger partial charge in [0.2, 0.25) is 5.91 Å². The molecule has 2 rings (SSSR count). The average Bonchev–Trinajstić information content (AvgIpc) is 2.62. The summed E-state index contributed by atoms with van der Waals surface area (Å²) in [4.78, 5) is 28.0. The molecule has 0 unspecified atom stereocenters. The number of amides is 1. The molecule has 1 N–H and O–H groups in total. The van der Waals surface area contributed by atoms with Crippen molar-refractivity contribution < 1.29 is 14.7 Å². The number of hydrogen-bond donors (Lipinski definition) is 1. The quantitative estimate of drug-likeness (QED) is 0.813. The van der Waals surface area contributed by atoms with Crippen LogP contribution in [0.5, 0.6) is 0 Å². The Labute approximate surface area is 114 Å². The molecule has 0 radical (unpaired) electrons. The van der Waals surface area contributed by atoms with Crippen molar-refractivity contribution in [1.29, 1.82) is 0 Å². The number of hydrogen-bond acceptors (Lipinski definition) is 3. The second-order valence-corrected chi connectivity index (χ2v) is 5.82. The molecule has 1 amide bonds. The molecule has 1 saturated heterocycles. The third-order valence-corrected chi connectivity index (χ3v) is 4.43. The summed E-state index contributed by atoms with van der Waals surface area (Å²) in [6, 6.07) is 0. The van der Waals surface area contributed by atoms with Crippen molar-refractivity contribution in [3.8, 4) is 0 Å². The number of aliphatic carboxylic acids is 1. The van der Waals surface area contributed by atoms with Gasteiger partial charge < -0.3 is 14.9 Å². The number of nitrogens with zero attached hydrogens (tertiary/aromatic N) is 2. The lowest BCUT2D eigenvalue weighted by molar-refractivity contribution is -0.152. The number of carboxylic acid groups (broad SMARTS) is 1. The zero-order chi connectivity index (χ0) is 13.8. The van der Waals surface area contributed by atoms with Crippen LogP contribution in [0.15, 0.2) is 0 Å². The van der Waals surface area contributed by atoms with Gasteiger partial charge in [-0.15, -0.1) is 0 Å². The Morgan fingerprint density at radius 1 is 0.947 bits per heavy atom. The molecule has 2 aliphatic rings. The van der Waals surface area contributed by atoms with Crippen molar-refractivity contribution in [3.63, 3.8) is 0 Å². The molecule has 2 fully saturated rings. The highest BCUT2D eigenvalue weighted by molar-refractivity contribution is 5.85. The van der Waals surface area contributed by atoms with Gasteiger partial charge in [-0.1, -0.05) is 12.8 Å². The number of carbonyl (C=O) groups excluding carboxylic acids is 1. The van der Waals surface area contributed by atoms with Gasteiger partial charge in [-0.3, -0.25) is 9.59 Å². The van der Waals surface area contributed by atoms with Crippen molar-refractivity contribution in [1.82, 2.24) is 9.80 Å². The molecule has 1 heterocycles. The van der Waals surface area contributed by atoms with Gasteiger partial charge >= 0.3 is 5.97 Å². The molecule has 2 atom stereocenters. The van der Waals surface area contributed by atoms with E-state index < -0.39 is 11.9 Å². The second-order valence-electron chi connectivity index (χ2n) is 5.82. The zero-order valence-electron chi connectivity index (χ0n) is 11.7. The maximum Gasteiger partial charge on any atom is 0.307 e. The highest BCUT2D eigenvalue weighted by Crippen LogP contribution is 2.32. The second kappa shape index (κ2) is 6.37. The Morgan fingerprint density at radius 3 is 2.32 bits per heavy atom. The minimum Gasteiger partial charge on any atom is -0.481 e. The molecule has 108 valence electrons. The molecular weight excluding hydrogens is 244 g/mol. The Balaban J connectivity index is 2.02. The summed E-state index contributed by atoms with van der Waals surface area (Å²) in [5.41, 5.74) is 0. The van der Waals surface area contributed by atoms with Crippen LogP contribution in [0.3, 0.4) is 0 Å². The van der Waals surface area contributed by atoms with Crippen molar-refractivity contribution in [2.45, 2.75) is 32.1 Å². The largest absolute Gasteiger partial charge is 0.481 e. The average molecular weight is 268 g/mol. The maximum atomic E-state index is 12.6. The molecule has 19 heavy (non-hydrogen) atoms. The molecule has 0 spiro atoms. The van der Waals surface area contributed by atoms with Gasteiger partial charge in [0.05, 0.1) is 11.8 Å². The van der Waals surface area contributed by atoms with Gasteiger partial charge in [0.15, 0.2) is 0 Å². The van der Waals surface area contributed by atoms with E-state index >= 15 is 0 Å². The minimum atomic E-state index is -0.801. The lowest BCUT2D eigenvalue weighted by Crippen LogP contribution is -2.43. The van der Waals surface area contributed by atoms with Crippen LogP contribution in [-0.4, -0.2) is 60.0 Å². The van der Waals surface area contributed by atoms with E-state index in [0.29, 0.717) is 6.42 Å². The first kappa shape index (κ1) is 14.3. The van der Waals surface area contributed by atoms with Crippen LogP contribution < -0.4 is 0 Å². The van der Waals surface area contributed by atoms with Crippen molar-refractivity contribution in [2.75, 3.05) is 33.2 Å². The van der Waals surface area contributed by atoms with Crippen LogP contribution in [0.1, 0.15) is 32.1 Å². The number of rotatable bonds is 2. The fraction of sp³-hybridized carbons (Fsp3) is 0.857. The molecule has 5 heteroatoms. The predicted molar refractivity (Wildman–Crippen MR) is 71.8 cm³/mol. The molecule has 1 aliphatic carbocycles. The van der Waals surface area contributed by atoms with Crippen molar-refractivity contribution >= 4 is 11.9 Å². The van der Waals surface area contributed by atoms with Gasteiger partial charge in [-0.05, 0) is 32.9 Å². The molecule has 0 aromatic carbocycles. The third-order valence-electron chi connectivity index (χ3n) is 4.43. The Hall–Kier alpha value is -1.10. The SMILES string of the molecule is CN1CCCN(C(=O)[C@@H]2CCCC[C@@H]2C(=O)O)CC1. The first-order valence-electron chi connectivity index (χ1n) is 7.29. The van der Waals surface area contributed by atoms with Crippen LogP contribution in [0.4, 0.5) is 0 Å². The lowest BCUT2D eigenvalue weighted by Gasteiger charge is -2.32. The summed E-state index contributed by atoms with van der Waals surface area (Å²) in [7, 11) is 2.06. The van der Waals surface area contributed by atoms with Crippen LogP contribution >= 0.6 is 0 Å². The van der Waals surface area contributed by atoms with Gasteiger partial charge in [0.1, 0.15) is 0 Å². The van der Waals surface area contributed by atoms with E-state index in [1.54, 1.807) is 0 Å². The van der Waals surface area contributed by atoms with Gasteiger partial charge in [-0.25, -0.2) is 0 Å². The van der Waals surface area contributed by atoms with E-state index in [-0.39, 0.29) is 11.8 Å². The topological polar surface area (TPSA) is 60.9 Å². The van der Waals surface area contributed by atoms with Crippen molar-refractivity contribution in [3.05, 3.63) is 0 Å². The van der Waals surface area contributed by atoms with E-state index in [1.165, 1.54) is 0 Å². The summed E-state index contributed by atoms with van der Waals surface area (Å²) in [6.07, 6.45) is 4.28. The maximum absolute atomic E-state index is 12.6. The number of carboxylic acids is 1. The molecule has 1 saturated carbocycles. The Bertz CT molecular complexity index is 346. The van der Waals surface area contributed by atoms with Crippen LogP contribution in [-0.2, 0) is 9.59 Å². The Kier molecular flexibility index (Phi) is 4.80. The predicted octanol–water partition coefficient (Wildman–Crippen LogP) is 1.04. The summed E-state index contributed by atoms with van der Waals surface area (Å²) in [6.45, 7) is 3.40. The zero-order valence-corrected chi connectivity index (χ0v) is 11.7. The summed E-state index contributed by atoms with van der Waals surface area (Å²) >= 11 is 0. The van der Waals surface area contributed by atoms with E-state index in [2.05, 4.69) is 11.9 Å². The highest BCUT2D eigenvalue weighted by atomic mass is 16.4. The standard InChI is InChI=1S/C14H24N2O3/c1-15-7-4-8-16(10-9-15)13(17)11-5-2-3-6-12(11)14(18)19/h11-12H,2-10H2,1H3,(H,18,19)/t11-,12+/m1/s1. The monoisotopic (exact) mass is 268 g/mol. The van der Waals surface area contributed by atoms with Gasteiger partial charge in [0, 0.05) is 19.6 Å². The minimum absolute atomic E-state index is 0.0717. The summed E-state index contributed by atoms with van der Waals surface area (Å²) < 4.78 is 0. The molecule has 0 aromatic heterocycles. The van der Waals surface area contributed by atoms with Gasteiger partial charge in [-0.2, -0.15) is 0 Å². The van der Waals surface area contributed by atoms with Crippen LogP contribution in [0, 0.1) is 11.8 Å². The fourth-order valence-electron chi connectivity index (χ4n) is 3.22. The van der Waals surface area contributed by atoms with Crippen LogP contribution in [0.25, 0.3) is 0 Å². The molecule has 0 bridgehead atoms. The first-order valence-corrected chi connectivity index (χ1v) is 7.29. The van der Waals surface area contributed by atoms with Gasteiger partial charge in [0.25, 0.3) is 0 Å². The summed E-state index contributed by atoms with van der Waals surface area (Å²) in [5.74, 6) is -1.50. The van der Waals surface area contributed by atoms with Crippen LogP contribution in [0.2, 0.25) is 0 Å². The lowest BCUT2D eigenvalue weighted by atomic mass is 9.78. The molecule has 1 aliphatic heterocycles. The molecule has 0 aromatic rings. The van der Waals surface area contributed by atoms with E-state index in [9.17, 15) is 14.7 Å². The molecule has 5 nitrogen and oxygen atoms in total. The number of likely N-dealkylation sites (N-methyl/N-ethyl adjacent to an activating group) is 1. The number of carbonyl (C=O) groups is 2. The van der Waals surface area contributed by atoms with E-state index in [0.717, 1.165) is 51.9 Å². The highest BCUT2D eigenvalue weighted by Gasteiger charge is 2.37. The third kappa shape index (κ3) is 3.47. The first-order chi connectivity index (χ1) is 9.09. The smallest absolute Gasteiger partial charge is 0.307 e. The van der Waals surface area contributed by atoms with Crippen molar-refractivity contribution in [2.24, 2.45) is 11.8 Å². The van der Waals surface area contributed by atoms with E-state index in [1.807, 2.05) is 4.90 Å².